The summed E-state index contributed by atoms with van der Waals surface area (Å²) in [4.78, 5) is 50.6. The molecule has 2 aromatic carbocycles. The van der Waals surface area contributed by atoms with E-state index in [-0.39, 0.29) is 37.8 Å². The van der Waals surface area contributed by atoms with E-state index in [2.05, 4.69) is 16.0 Å². The molecule has 0 fully saturated rings. The molecule has 0 radical (unpaired) electrons. The minimum atomic E-state index is -1.00. The molecule has 7 N–H and O–H groups in total. The maximum Gasteiger partial charge on any atom is 0.244 e. The number of carbonyl (C=O) groups is 4. The molecular formula is C26H37N5O5. The molecule has 0 saturated carbocycles. The van der Waals surface area contributed by atoms with Crippen LogP contribution in [0.1, 0.15) is 39.2 Å². The second-order valence-electron chi connectivity index (χ2n) is 9.28. The Hall–Kier alpha value is -3.50. The Labute approximate surface area is 211 Å². The summed E-state index contributed by atoms with van der Waals surface area (Å²) < 4.78 is 0. The predicted octanol–water partition coefficient (Wildman–Crippen LogP) is 1.00. The lowest BCUT2D eigenvalue weighted by atomic mass is 9.92. The van der Waals surface area contributed by atoms with Crippen LogP contribution < -0.4 is 27.2 Å². The molecule has 196 valence electrons. The fourth-order valence-electron chi connectivity index (χ4n) is 4.04. The Bertz CT molecular complexity index is 1050. The van der Waals surface area contributed by atoms with Crippen molar-refractivity contribution in [3.8, 4) is 0 Å². The summed E-state index contributed by atoms with van der Waals surface area (Å²) in [6.45, 7) is 5.93. The first kappa shape index (κ1) is 28.7. The Morgan fingerprint density at radius 1 is 0.917 bits per heavy atom. The number of hydroxylamine groups is 1. The summed E-state index contributed by atoms with van der Waals surface area (Å²) in [6, 6.07) is 11.6. The standard InChI is InChI=1S/C26H37N5O5/c1-16(2)13-20(15-23(32)31-36)25(34)30-22(26(35)29-17(3)24(33)28-12-11-27)14-19-9-6-8-18-7-4-5-10-21(18)19/h4-10,16-17,20,22,36H,11-15,27H2,1-3H3,(H,28,33)(H,29,35)(H,30,34)(H,31,32). The molecule has 10 nitrogen and oxygen atoms in total. The highest BCUT2D eigenvalue weighted by molar-refractivity contribution is 5.94. The van der Waals surface area contributed by atoms with E-state index >= 15 is 0 Å². The lowest BCUT2D eigenvalue weighted by molar-refractivity contribution is -0.137. The SMILES string of the molecule is CC(C)CC(CC(=O)NO)C(=O)NC(Cc1cccc2ccccc12)C(=O)NC(C)C(=O)NCCN. The van der Waals surface area contributed by atoms with Gasteiger partial charge in [-0.2, -0.15) is 0 Å². The van der Waals surface area contributed by atoms with Crippen LogP contribution in [-0.2, 0) is 25.6 Å². The van der Waals surface area contributed by atoms with Crippen molar-refractivity contribution in [1.29, 1.82) is 0 Å². The topological polar surface area (TPSA) is 163 Å². The summed E-state index contributed by atoms with van der Waals surface area (Å²) in [5, 5.41) is 19.0. The van der Waals surface area contributed by atoms with Crippen molar-refractivity contribution < 1.29 is 24.4 Å². The quantitative estimate of drug-likeness (QED) is 0.178. The minimum absolute atomic E-state index is 0.101. The fraction of sp³-hybridized carbons (Fsp3) is 0.462. The normalized spacial score (nSPS) is 13.5. The largest absolute Gasteiger partial charge is 0.353 e. The van der Waals surface area contributed by atoms with Gasteiger partial charge in [0.05, 0.1) is 0 Å². The molecule has 0 saturated heterocycles. The third-order valence-corrected chi connectivity index (χ3v) is 5.82. The van der Waals surface area contributed by atoms with Crippen LogP contribution in [0.2, 0.25) is 0 Å². The summed E-state index contributed by atoms with van der Waals surface area (Å²) in [5.41, 5.74) is 7.84. The van der Waals surface area contributed by atoms with Gasteiger partial charge in [0.25, 0.3) is 0 Å². The third kappa shape index (κ3) is 8.62. The van der Waals surface area contributed by atoms with Gasteiger partial charge in [-0.25, -0.2) is 5.48 Å². The van der Waals surface area contributed by atoms with Crippen LogP contribution in [0.3, 0.4) is 0 Å². The predicted molar refractivity (Wildman–Crippen MR) is 137 cm³/mol. The summed E-state index contributed by atoms with van der Waals surface area (Å²) >= 11 is 0. The molecule has 3 unspecified atom stereocenters. The van der Waals surface area contributed by atoms with Gasteiger partial charge in [-0.05, 0) is 35.6 Å². The highest BCUT2D eigenvalue weighted by atomic mass is 16.5. The van der Waals surface area contributed by atoms with Crippen LogP contribution >= 0.6 is 0 Å². The third-order valence-electron chi connectivity index (χ3n) is 5.82. The van der Waals surface area contributed by atoms with Gasteiger partial charge < -0.3 is 21.7 Å². The molecule has 36 heavy (non-hydrogen) atoms. The van der Waals surface area contributed by atoms with Gasteiger partial charge in [0, 0.05) is 31.8 Å². The molecule has 10 heteroatoms. The molecule has 0 bridgehead atoms. The van der Waals surface area contributed by atoms with Crippen molar-refractivity contribution in [2.24, 2.45) is 17.6 Å². The first-order valence-corrected chi connectivity index (χ1v) is 12.1. The first-order valence-electron chi connectivity index (χ1n) is 12.1. The van der Waals surface area contributed by atoms with Gasteiger partial charge in [-0.1, -0.05) is 56.3 Å². The number of benzene rings is 2. The number of amides is 4. The van der Waals surface area contributed by atoms with Gasteiger partial charge in [0.2, 0.25) is 23.6 Å². The van der Waals surface area contributed by atoms with Crippen LogP contribution in [-0.4, -0.2) is 54.0 Å². The molecule has 0 aliphatic rings. The van der Waals surface area contributed by atoms with Gasteiger partial charge in [0.15, 0.2) is 0 Å². The minimum Gasteiger partial charge on any atom is -0.353 e. The van der Waals surface area contributed by atoms with Crippen LogP contribution in [0.25, 0.3) is 10.8 Å². The van der Waals surface area contributed by atoms with E-state index in [1.54, 1.807) is 12.4 Å². The van der Waals surface area contributed by atoms with E-state index in [0.29, 0.717) is 6.42 Å². The second-order valence-corrected chi connectivity index (χ2v) is 9.28. The van der Waals surface area contributed by atoms with Crippen LogP contribution in [0.4, 0.5) is 0 Å². The van der Waals surface area contributed by atoms with Crippen molar-refractivity contribution in [3.63, 3.8) is 0 Å². The molecular weight excluding hydrogens is 462 g/mol. The molecule has 0 aliphatic carbocycles. The zero-order chi connectivity index (χ0) is 26.7. The highest BCUT2D eigenvalue weighted by Crippen LogP contribution is 2.21. The number of carbonyl (C=O) groups excluding carboxylic acids is 4. The van der Waals surface area contributed by atoms with E-state index in [4.69, 9.17) is 10.9 Å². The summed E-state index contributed by atoms with van der Waals surface area (Å²) in [6.07, 6.45) is 0.345. The average Bonchev–Trinajstić information content (AvgIpc) is 2.85. The fourth-order valence-corrected chi connectivity index (χ4v) is 4.04. The molecule has 0 aromatic heterocycles. The molecule has 0 spiro atoms. The van der Waals surface area contributed by atoms with E-state index in [0.717, 1.165) is 16.3 Å². The number of rotatable bonds is 13. The lowest BCUT2D eigenvalue weighted by Crippen LogP contribution is -2.54. The zero-order valence-electron chi connectivity index (χ0n) is 21.0. The van der Waals surface area contributed by atoms with E-state index in [9.17, 15) is 19.2 Å². The number of hydrogen-bond donors (Lipinski definition) is 6. The zero-order valence-corrected chi connectivity index (χ0v) is 21.0. The van der Waals surface area contributed by atoms with Crippen LogP contribution in [0.5, 0.6) is 0 Å². The summed E-state index contributed by atoms with van der Waals surface area (Å²) in [7, 11) is 0. The second kappa shape index (κ2) is 14.2. The molecule has 2 rings (SSSR count). The van der Waals surface area contributed by atoms with E-state index in [1.807, 2.05) is 56.3 Å². The van der Waals surface area contributed by atoms with Crippen LogP contribution in [0.15, 0.2) is 42.5 Å². The monoisotopic (exact) mass is 499 g/mol. The van der Waals surface area contributed by atoms with E-state index in [1.165, 1.54) is 0 Å². The maximum absolute atomic E-state index is 13.3. The molecule has 4 amide bonds. The maximum atomic E-state index is 13.3. The Kier molecular flexibility index (Phi) is 11.3. The van der Waals surface area contributed by atoms with Gasteiger partial charge >= 0.3 is 0 Å². The van der Waals surface area contributed by atoms with Crippen molar-refractivity contribution in [1.82, 2.24) is 21.4 Å². The Morgan fingerprint density at radius 2 is 1.61 bits per heavy atom. The van der Waals surface area contributed by atoms with Gasteiger partial charge in [-0.3, -0.25) is 24.4 Å². The summed E-state index contributed by atoms with van der Waals surface area (Å²) in [5.74, 6) is -2.72. The average molecular weight is 500 g/mol. The van der Waals surface area contributed by atoms with Crippen molar-refractivity contribution in [3.05, 3.63) is 48.0 Å². The van der Waals surface area contributed by atoms with E-state index < -0.39 is 35.7 Å². The Balaban J connectivity index is 2.30. The number of hydrogen-bond acceptors (Lipinski definition) is 6. The van der Waals surface area contributed by atoms with Crippen LogP contribution in [0, 0.1) is 11.8 Å². The number of fused-ring (bicyclic) bond motifs is 1. The van der Waals surface area contributed by atoms with Gasteiger partial charge in [0.1, 0.15) is 12.1 Å². The van der Waals surface area contributed by atoms with Crippen molar-refractivity contribution in [2.75, 3.05) is 13.1 Å². The highest BCUT2D eigenvalue weighted by Gasteiger charge is 2.29. The van der Waals surface area contributed by atoms with Crippen molar-refractivity contribution >= 4 is 34.4 Å². The number of nitrogens with one attached hydrogen (secondary N) is 4. The molecule has 2 aromatic rings. The lowest BCUT2D eigenvalue weighted by Gasteiger charge is -2.25. The number of nitrogens with two attached hydrogens (primary N) is 1. The van der Waals surface area contributed by atoms with Crippen molar-refractivity contribution in [2.45, 2.75) is 52.1 Å². The molecule has 0 aliphatic heterocycles. The van der Waals surface area contributed by atoms with Gasteiger partial charge in [-0.15, -0.1) is 0 Å². The smallest absolute Gasteiger partial charge is 0.244 e. The Morgan fingerprint density at radius 3 is 2.28 bits per heavy atom. The molecule has 0 heterocycles. The first-order chi connectivity index (χ1) is 17.2. The molecule has 3 atom stereocenters.